The molecule has 1 aliphatic heterocycles. The lowest BCUT2D eigenvalue weighted by molar-refractivity contribution is 0.111. The van der Waals surface area contributed by atoms with Crippen molar-refractivity contribution in [2.24, 2.45) is 0 Å². The molecule has 1 aromatic rings. The number of nitrogens with zero attached hydrogens (tertiary/aromatic N) is 1. The SMILES string of the molecule is CC(C)c1cccc([C@H](CO)N2CCNCC2)c1. The third-order valence-electron chi connectivity index (χ3n) is 3.73. The maximum absolute atomic E-state index is 9.70. The summed E-state index contributed by atoms with van der Waals surface area (Å²) >= 11 is 0. The predicted octanol–water partition coefficient (Wildman–Crippen LogP) is 1.75. The van der Waals surface area contributed by atoms with Gasteiger partial charge in [-0.3, -0.25) is 4.90 Å². The van der Waals surface area contributed by atoms with Crippen molar-refractivity contribution < 1.29 is 5.11 Å². The minimum Gasteiger partial charge on any atom is -0.394 e. The predicted molar refractivity (Wildman–Crippen MR) is 74.8 cm³/mol. The Labute approximate surface area is 110 Å². The highest BCUT2D eigenvalue weighted by molar-refractivity contribution is 5.28. The van der Waals surface area contributed by atoms with Crippen LogP contribution in [-0.4, -0.2) is 42.8 Å². The Hall–Kier alpha value is -0.900. The van der Waals surface area contributed by atoms with Crippen molar-refractivity contribution in [2.45, 2.75) is 25.8 Å². The Balaban J connectivity index is 2.18. The summed E-state index contributed by atoms with van der Waals surface area (Å²) in [5, 5.41) is 13.1. The Morgan fingerprint density at radius 2 is 1.89 bits per heavy atom. The van der Waals surface area contributed by atoms with Crippen LogP contribution in [0.1, 0.15) is 36.9 Å². The molecule has 1 atom stereocenters. The molecule has 1 heterocycles. The first-order valence-electron chi connectivity index (χ1n) is 6.88. The average molecular weight is 248 g/mol. The van der Waals surface area contributed by atoms with Crippen LogP contribution in [0, 0.1) is 0 Å². The smallest absolute Gasteiger partial charge is 0.0628 e. The topological polar surface area (TPSA) is 35.5 Å². The summed E-state index contributed by atoms with van der Waals surface area (Å²) in [6.45, 7) is 8.66. The lowest BCUT2D eigenvalue weighted by atomic mass is 9.97. The molecule has 1 aliphatic rings. The molecule has 0 spiro atoms. The molecule has 1 fully saturated rings. The van der Waals surface area contributed by atoms with Crippen LogP contribution in [0.2, 0.25) is 0 Å². The third kappa shape index (κ3) is 3.10. The number of hydrogen-bond acceptors (Lipinski definition) is 3. The Morgan fingerprint density at radius 1 is 1.22 bits per heavy atom. The van der Waals surface area contributed by atoms with Crippen LogP contribution < -0.4 is 5.32 Å². The molecule has 0 radical (unpaired) electrons. The molecule has 18 heavy (non-hydrogen) atoms. The van der Waals surface area contributed by atoms with Crippen LogP contribution in [0.4, 0.5) is 0 Å². The van der Waals surface area contributed by atoms with Gasteiger partial charge in [0.2, 0.25) is 0 Å². The molecule has 0 unspecified atom stereocenters. The second-order valence-corrected chi connectivity index (χ2v) is 5.31. The molecule has 0 aliphatic carbocycles. The number of hydrogen-bond donors (Lipinski definition) is 2. The van der Waals surface area contributed by atoms with E-state index in [9.17, 15) is 5.11 Å². The highest BCUT2D eigenvalue weighted by Gasteiger charge is 2.21. The Kier molecular flexibility index (Phi) is 4.75. The van der Waals surface area contributed by atoms with Gasteiger partial charge in [0, 0.05) is 26.2 Å². The largest absolute Gasteiger partial charge is 0.394 e. The van der Waals surface area contributed by atoms with Crippen molar-refractivity contribution in [3.05, 3.63) is 35.4 Å². The van der Waals surface area contributed by atoms with E-state index in [4.69, 9.17) is 0 Å². The van der Waals surface area contributed by atoms with E-state index in [1.807, 2.05) is 0 Å². The van der Waals surface area contributed by atoms with Crippen LogP contribution in [0.5, 0.6) is 0 Å². The fourth-order valence-electron chi connectivity index (χ4n) is 2.55. The zero-order chi connectivity index (χ0) is 13.0. The molecule has 0 aromatic heterocycles. The van der Waals surface area contributed by atoms with Crippen LogP contribution in [0.25, 0.3) is 0 Å². The molecule has 1 aromatic carbocycles. The summed E-state index contributed by atoms with van der Waals surface area (Å²) in [4.78, 5) is 2.37. The van der Waals surface area contributed by atoms with E-state index < -0.39 is 0 Å². The maximum Gasteiger partial charge on any atom is 0.0628 e. The molecule has 100 valence electrons. The number of aliphatic hydroxyl groups excluding tert-OH is 1. The quantitative estimate of drug-likeness (QED) is 0.852. The number of piperazine rings is 1. The first-order chi connectivity index (χ1) is 8.72. The fraction of sp³-hybridized carbons (Fsp3) is 0.600. The van der Waals surface area contributed by atoms with E-state index >= 15 is 0 Å². The minimum atomic E-state index is 0.144. The van der Waals surface area contributed by atoms with Crippen molar-refractivity contribution in [3.63, 3.8) is 0 Å². The molecule has 0 amide bonds. The first kappa shape index (κ1) is 13.5. The molecule has 2 rings (SSSR count). The Morgan fingerprint density at radius 3 is 2.50 bits per heavy atom. The van der Waals surface area contributed by atoms with Gasteiger partial charge in [-0.05, 0) is 17.0 Å². The van der Waals surface area contributed by atoms with Gasteiger partial charge in [0.05, 0.1) is 12.6 Å². The van der Waals surface area contributed by atoms with Gasteiger partial charge in [-0.15, -0.1) is 0 Å². The van der Waals surface area contributed by atoms with Crippen LogP contribution in [0.3, 0.4) is 0 Å². The van der Waals surface area contributed by atoms with Crippen molar-refractivity contribution >= 4 is 0 Å². The second-order valence-electron chi connectivity index (χ2n) is 5.31. The number of aliphatic hydroxyl groups is 1. The van der Waals surface area contributed by atoms with Gasteiger partial charge >= 0.3 is 0 Å². The van der Waals surface area contributed by atoms with Gasteiger partial charge in [-0.2, -0.15) is 0 Å². The number of benzene rings is 1. The molecular weight excluding hydrogens is 224 g/mol. The van der Waals surface area contributed by atoms with Crippen LogP contribution >= 0.6 is 0 Å². The highest BCUT2D eigenvalue weighted by atomic mass is 16.3. The van der Waals surface area contributed by atoms with E-state index in [-0.39, 0.29) is 12.6 Å². The summed E-state index contributed by atoms with van der Waals surface area (Å²) < 4.78 is 0. The lowest BCUT2D eigenvalue weighted by Gasteiger charge is -2.34. The molecule has 0 bridgehead atoms. The van der Waals surface area contributed by atoms with Crippen molar-refractivity contribution in [1.82, 2.24) is 10.2 Å². The van der Waals surface area contributed by atoms with Crippen LogP contribution in [-0.2, 0) is 0 Å². The zero-order valence-corrected chi connectivity index (χ0v) is 11.4. The second kappa shape index (κ2) is 6.32. The van der Waals surface area contributed by atoms with Gasteiger partial charge in [0.1, 0.15) is 0 Å². The Bertz CT molecular complexity index is 373. The monoisotopic (exact) mass is 248 g/mol. The lowest BCUT2D eigenvalue weighted by Crippen LogP contribution is -2.46. The van der Waals surface area contributed by atoms with Crippen molar-refractivity contribution in [3.8, 4) is 0 Å². The highest BCUT2D eigenvalue weighted by Crippen LogP contribution is 2.24. The first-order valence-corrected chi connectivity index (χ1v) is 6.88. The van der Waals surface area contributed by atoms with E-state index in [1.165, 1.54) is 11.1 Å². The van der Waals surface area contributed by atoms with E-state index in [1.54, 1.807) is 0 Å². The molecule has 2 N–H and O–H groups in total. The summed E-state index contributed by atoms with van der Waals surface area (Å²) in [6, 6.07) is 8.80. The molecule has 3 heteroatoms. The molecule has 3 nitrogen and oxygen atoms in total. The van der Waals surface area contributed by atoms with Gasteiger partial charge < -0.3 is 10.4 Å². The standard InChI is InChI=1S/C15H24N2O/c1-12(2)13-4-3-5-14(10-13)15(11-18)17-8-6-16-7-9-17/h3-5,10,12,15-16,18H,6-9,11H2,1-2H3/t15-/m0/s1. The summed E-state index contributed by atoms with van der Waals surface area (Å²) in [7, 11) is 0. The zero-order valence-electron chi connectivity index (χ0n) is 11.4. The van der Waals surface area contributed by atoms with Gasteiger partial charge in [-0.1, -0.05) is 38.1 Å². The van der Waals surface area contributed by atoms with Gasteiger partial charge in [-0.25, -0.2) is 0 Å². The molecular formula is C15H24N2O. The minimum absolute atomic E-state index is 0.144. The number of nitrogens with one attached hydrogen (secondary N) is 1. The van der Waals surface area contributed by atoms with E-state index in [2.05, 4.69) is 48.3 Å². The van der Waals surface area contributed by atoms with Gasteiger partial charge in [0.25, 0.3) is 0 Å². The molecule has 0 saturated carbocycles. The van der Waals surface area contributed by atoms with E-state index in [0.29, 0.717) is 5.92 Å². The van der Waals surface area contributed by atoms with Gasteiger partial charge in [0.15, 0.2) is 0 Å². The molecule has 1 saturated heterocycles. The fourth-order valence-corrected chi connectivity index (χ4v) is 2.55. The average Bonchev–Trinajstić information content (AvgIpc) is 2.41. The summed E-state index contributed by atoms with van der Waals surface area (Å²) in [6.07, 6.45) is 0. The van der Waals surface area contributed by atoms with Crippen LogP contribution in [0.15, 0.2) is 24.3 Å². The summed E-state index contributed by atoms with van der Waals surface area (Å²) in [5.74, 6) is 0.535. The van der Waals surface area contributed by atoms with Crippen molar-refractivity contribution in [2.75, 3.05) is 32.8 Å². The number of rotatable bonds is 4. The maximum atomic E-state index is 9.70. The third-order valence-corrected chi connectivity index (χ3v) is 3.73. The summed E-state index contributed by atoms with van der Waals surface area (Å²) in [5.41, 5.74) is 2.59. The normalized spacial score (nSPS) is 19.1. The van der Waals surface area contributed by atoms with E-state index in [0.717, 1.165) is 26.2 Å². The van der Waals surface area contributed by atoms with Crippen molar-refractivity contribution in [1.29, 1.82) is 0 Å².